The van der Waals surface area contributed by atoms with Gasteiger partial charge in [0.05, 0.1) is 5.56 Å². The number of aliphatic carboxylic acids is 1. The fraction of sp³-hybridized carbons (Fsp3) is 0.136. The van der Waals surface area contributed by atoms with Gasteiger partial charge in [0, 0.05) is 16.3 Å². The molecule has 0 radical (unpaired) electrons. The molecule has 7 heteroatoms. The van der Waals surface area contributed by atoms with Gasteiger partial charge in [-0.3, -0.25) is 4.79 Å². The standard InChI is InChI=1S/C22H18F3NO2S/c23-22(24,25)18-6-4-16(5-7-18)17-3-1-2-15(12-17)14-29-20-10-8-19(9-11-20)26-13-21(27)28/h1-12,26H,13-14H2,(H,27,28). The molecule has 0 aliphatic carbocycles. The van der Waals surface area contributed by atoms with Crippen LogP contribution in [0.2, 0.25) is 0 Å². The maximum atomic E-state index is 12.7. The molecule has 150 valence electrons. The summed E-state index contributed by atoms with van der Waals surface area (Å²) in [5, 5.41) is 11.5. The third-order valence-electron chi connectivity index (χ3n) is 4.18. The second-order valence-electron chi connectivity index (χ2n) is 6.34. The Balaban J connectivity index is 1.63. The lowest BCUT2D eigenvalue weighted by Crippen LogP contribution is -2.11. The van der Waals surface area contributed by atoms with E-state index in [9.17, 15) is 18.0 Å². The molecule has 0 amide bonds. The number of hydrogen-bond acceptors (Lipinski definition) is 3. The predicted octanol–water partition coefficient (Wildman–Crippen LogP) is 6.16. The highest BCUT2D eigenvalue weighted by molar-refractivity contribution is 7.98. The maximum Gasteiger partial charge on any atom is 0.416 e. The number of hydrogen-bond donors (Lipinski definition) is 2. The molecule has 0 spiro atoms. The Bertz CT molecular complexity index is 971. The van der Waals surface area contributed by atoms with Gasteiger partial charge in [0.25, 0.3) is 0 Å². The van der Waals surface area contributed by atoms with Gasteiger partial charge in [-0.1, -0.05) is 36.4 Å². The van der Waals surface area contributed by atoms with Gasteiger partial charge >= 0.3 is 12.1 Å². The van der Waals surface area contributed by atoms with Gasteiger partial charge in [-0.2, -0.15) is 13.2 Å². The summed E-state index contributed by atoms with van der Waals surface area (Å²) in [4.78, 5) is 11.6. The Morgan fingerprint density at radius 3 is 2.24 bits per heavy atom. The quantitative estimate of drug-likeness (QED) is 0.452. The summed E-state index contributed by atoms with van der Waals surface area (Å²) in [5.74, 6) is -0.215. The molecule has 2 N–H and O–H groups in total. The van der Waals surface area contributed by atoms with Crippen LogP contribution in [0.15, 0.2) is 77.7 Å². The highest BCUT2D eigenvalue weighted by Crippen LogP contribution is 2.32. The van der Waals surface area contributed by atoms with Crippen LogP contribution in [-0.4, -0.2) is 17.6 Å². The molecular weight excluding hydrogens is 399 g/mol. The average molecular weight is 417 g/mol. The fourth-order valence-corrected chi connectivity index (χ4v) is 3.55. The van der Waals surface area contributed by atoms with E-state index >= 15 is 0 Å². The van der Waals surface area contributed by atoms with Crippen LogP contribution in [0.5, 0.6) is 0 Å². The summed E-state index contributed by atoms with van der Waals surface area (Å²) in [7, 11) is 0. The van der Waals surface area contributed by atoms with Crippen LogP contribution >= 0.6 is 11.8 Å². The summed E-state index contributed by atoms with van der Waals surface area (Å²) in [5.41, 5.74) is 2.74. The van der Waals surface area contributed by atoms with Gasteiger partial charge in [-0.05, 0) is 53.1 Å². The number of nitrogens with one attached hydrogen (secondary N) is 1. The van der Waals surface area contributed by atoms with E-state index in [1.807, 2.05) is 48.5 Å². The number of benzene rings is 3. The minimum absolute atomic E-state index is 0.136. The number of carbonyl (C=O) groups is 1. The third kappa shape index (κ3) is 6.02. The van der Waals surface area contributed by atoms with Crippen LogP contribution in [0.4, 0.5) is 18.9 Å². The number of alkyl halides is 3. The van der Waals surface area contributed by atoms with Crippen molar-refractivity contribution in [2.45, 2.75) is 16.8 Å². The van der Waals surface area contributed by atoms with Crippen molar-refractivity contribution in [3.8, 4) is 11.1 Å². The van der Waals surface area contributed by atoms with Crippen molar-refractivity contribution in [2.75, 3.05) is 11.9 Å². The molecule has 3 nitrogen and oxygen atoms in total. The van der Waals surface area contributed by atoms with Crippen LogP contribution in [0.25, 0.3) is 11.1 Å². The van der Waals surface area contributed by atoms with E-state index < -0.39 is 17.7 Å². The first-order valence-corrected chi connectivity index (χ1v) is 9.75. The van der Waals surface area contributed by atoms with Gasteiger partial charge in [0.15, 0.2) is 0 Å². The van der Waals surface area contributed by atoms with Gasteiger partial charge < -0.3 is 10.4 Å². The number of thioether (sulfide) groups is 1. The van der Waals surface area contributed by atoms with Crippen molar-refractivity contribution >= 4 is 23.4 Å². The zero-order chi connectivity index (χ0) is 20.9. The summed E-state index contributed by atoms with van der Waals surface area (Å²) >= 11 is 1.62. The van der Waals surface area contributed by atoms with Crippen LogP contribution < -0.4 is 5.32 Å². The number of halogens is 3. The molecule has 0 aliphatic rings. The molecule has 0 saturated heterocycles. The zero-order valence-corrected chi connectivity index (χ0v) is 16.1. The molecule has 0 aliphatic heterocycles. The smallest absolute Gasteiger partial charge is 0.416 e. The minimum atomic E-state index is -4.34. The van der Waals surface area contributed by atoms with Gasteiger partial charge in [-0.15, -0.1) is 11.8 Å². The largest absolute Gasteiger partial charge is 0.480 e. The summed E-state index contributed by atoms with van der Waals surface area (Å²) < 4.78 is 38.2. The second kappa shape index (κ2) is 9.05. The Kier molecular flexibility index (Phi) is 6.49. The Morgan fingerprint density at radius 1 is 0.931 bits per heavy atom. The number of rotatable bonds is 7. The lowest BCUT2D eigenvalue weighted by atomic mass is 10.0. The van der Waals surface area contributed by atoms with Gasteiger partial charge in [0.1, 0.15) is 6.54 Å². The van der Waals surface area contributed by atoms with Crippen LogP contribution in [-0.2, 0) is 16.7 Å². The minimum Gasteiger partial charge on any atom is -0.480 e. The first-order chi connectivity index (χ1) is 13.8. The van der Waals surface area contributed by atoms with Crippen molar-refractivity contribution in [3.63, 3.8) is 0 Å². The van der Waals surface area contributed by atoms with E-state index in [0.29, 0.717) is 5.75 Å². The van der Waals surface area contributed by atoms with Crippen LogP contribution in [0.1, 0.15) is 11.1 Å². The molecule has 0 bridgehead atoms. The summed E-state index contributed by atoms with van der Waals surface area (Å²) in [6.07, 6.45) is -4.34. The van der Waals surface area contributed by atoms with Crippen LogP contribution in [0, 0.1) is 0 Å². The molecule has 29 heavy (non-hydrogen) atoms. The molecular formula is C22H18F3NO2S. The summed E-state index contributed by atoms with van der Waals surface area (Å²) in [6.45, 7) is -0.136. The summed E-state index contributed by atoms with van der Waals surface area (Å²) in [6, 6.07) is 20.3. The van der Waals surface area contributed by atoms with E-state index in [1.54, 1.807) is 11.8 Å². The van der Waals surface area contributed by atoms with E-state index in [0.717, 1.165) is 39.4 Å². The molecule has 0 unspecified atom stereocenters. The molecule has 0 aromatic heterocycles. The average Bonchev–Trinajstić information content (AvgIpc) is 2.71. The topological polar surface area (TPSA) is 49.3 Å². The van der Waals surface area contributed by atoms with E-state index in [-0.39, 0.29) is 6.54 Å². The Hall–Kier alpha value is -2.93. The van der Waals surface area contributed by atoms with E-state index in [4.69, 9.17) is 5.11 Å². The number of carboxylic acids is 1. The van der Waals surface area contributed by atoms with Gasteiger partial charge in [-0.25, -0.2) is 0 Å². The maximum absolute atomic E-state index is 12.7. The van der Waals surface area contributed by atoms with Crippen molar-refractivity contribution in [1.82, 2.24) is 0 Å². The van der Waals surface area contributed by atoms with Crippen LogP contribution in [0.3, 0.4) is 0 Å². The van der Waals surface area contributed by atoms with Crippen molar-refractivity contribution in [1.29, 1.82) is 0 Å². The van der Waals surface area contributed by atoms with Crippen molar-refractivity contribution in [3.05, 3.63) is 83.9 Å². The number of carboxylic acid groups (broad SMARTS) is 1. The van der Waals surface area contributed by atoms with Gasteiger partial charge in [0.2, 0.25) is 0 Å². The Labute approximate surface area is 170 Å². The monoisotopic (exact) mass is 417 g/mol. The molecule has 3 aromatic rings. The molecule has 0 saturated carbocycles. The normalized spacial score (nSPS) is 11.3. The first-order valence-electron chi connectivity index (χ1n) is 8.76. The lowest BCUT2D eigenvalue weighted by Gasteiger charge is -2.09. The fourth-order valence-electron chi connectivity index (χ4n) is 2.71. The predicted molar refractivity (Wildman–Crippen MR) is 109 cm³/mol. The molecule has 3 aromatic carbocycles. The second-order valence-corrected chi connectivity index (χ2v) is 7.38. The molecule has 3 rings (SSSR count). The molecule has 0 heterocycles. The van der Waals surface area contributed by atoms with Crippen molar-refractivity contribution < 1.29 is 23.1 Å². The zero-order valence-electron chi connectivity index (χ0n) is 15.2. The molecule has 0 atom stereocenters. The highest BCUT2D eigenvalue weighted by atomic mass is 32.2. The van der Waals surface area contributed by atoms with Crippen molar-refractivity contribution in [2.24, 2.45) is 0 Å². The van der Waals surface area contributed by atoms with E-state index in [2.05, 4.69) is 5.32 Å². The molecule has 0 fully saturated rings. The highest BCUT2D eigenvalue weighted by Gasteiger charge is 2.29. The first kappa shape index (κ1) is 20.8. The third-order valence-corrected chi connectivity index (χ3v) is 5.26. The van der Waals surface area contributed by atoms with E-state index in [1.165, 1.54) is 12.1 Å². The Morgan fingerprint density at radius 2 is 1.62 bits per heavy atom. The number of anilines is 1. The lowest BCUT2D eigenvalue weighted by molar-refractivity contribution is -0.137. The SMILES string of the molecule is O=C(O)CNc1ccc(SCc2cccc(-c3ccc(C(F)(F)F)cc3)c2)cc1.